The lowest BCUT2D eigenvalue weighted by Crippen LogP contribution is -2.29. The number of hydrogen-bond acceptors (Lipinski definition) is 3. The Morgan fingerprint density at radius 2 is 2.00 bits per heavy atom. The number of nitrogen functional groups attached to an aromatic ring is 2. The van der Waals surface area contributed by atoms with Gasteiger partial charge in [-0.15, -0.1) is 0 Å². The maximum absolute atomic E-state index is 12.1. The van der Waals surface area contributed by atoms with Gasteiger partial charge in [0.1, 0.15) is 0 Å². The molecule has 0 unspecified atom stereocenters. The van der Waals surface area contributed by atoms with Crippen molar-refractivity contribution < 1.29 is 4.79 Å². The molecule has 4 N–H and O–H groups in total. The number of carbonyl (C=O) groups is 1. The predicted octanol–water partition coefficient (Wildman–Crippen LogP) is 1.97. The van der Waals surface area contributed by atoms with Crippen molar-refractivity contribution in [1.29, 1.82) is 0 Å². The molecule has 0 fully saturated rings. The van der Waals surface area contributed by atoms with E-state index in [1.807, 2.05) is 0 Å². The van der Waals surface area contributed by atoms with Gasteiger partial charge in [0.15, 0.2) is 0 Å². The smallest absolute Gasteiger partial charge is 0.255 e. The second kappa shape index (κ2) is 5.57. The van der Waals surface area contributed by atoms with Crippen LogP contribution in [0.1, 0.15) is 30.6 Å². The summed E-state index contributed by atoms with van der Waals surface area (Å²) >= 11 is 0. The molecule has 0 spiro atoms. The van der Waals surface area contributed by atoms with Gasteiger partial charge in [0.05, 0.1) is 5.56 Å². The first-order valence-corrected chi connectivity index (χ1v) is 5.82. The molecule has 0 aliphatic carbocycles. The number of rotatable bonds is 4. The monoisotopic (exact) mass is 235 g/mol. The first-order chi connectivity index (χ1) is 7.91. The van der Waals surface area contributed by atoms with E-state index in [1.54, 1.807) is 30.1 Å². The first kappa shape index (κ1) is 13.4. The average molecular weight is 235 g/mol. The molecule has 0 heterocycles. The van der Waals surface area contributed by atoms with Gasteiger partial charge in [-0.3, -0.25) is 4.79 Å². The summed E-state index contributed by atoms with van der Waals surface area (Å²) in [6, 6.07) is 4.99. The van der Waals surface area contributed by atoms with Gasteiger partial charge in [-0.2, -0.15) is 0 Å². The highest BCUT2D eigenvalue weighted by atomic mass is 16.2. The molecule has 0 aromatic heterocycles. The topological polar surface area (TPSA) is 72.3 Å². The van der Waals surface area contributed by atoms with E-state index < -0.39 is 0 Å². The largest absolute Gasteiger partial charge is 0.399 e. The van der Waals surface area contributed by atoms with Gasteiger partial charge >= 0.3 is 0 Å². The van der Waals surface area contributed by atoms with Crippen LogP contribution in [-0.4, -0.2) is 24.4 Å². The van der Waals surface area contributed by atoms with Gasteiger partial charge in [-0.05, 0) is 30.5 Å². The van der Waals surface area contributed by atoms with Gasteiger partial charge in [0, 0.05) is 25.0 Å². The van der Waals surface area contributed by atoms with Crippen molar-refractivity contribution in [1.82, 2.24) is 4.90 Å². The molecule has 4 nitrogen and oxygen atoms in total. The Bertz CT molecular complexity index is 402. The van der Waals surface area contributed by atoms with Crippen LogP contribution in [0.2, 0.25) is 0 Å². The normalized spacial score (nSPS) is 10.6. The average Bonchev–Trinajstić information content (AvgIpc) is 2.25. The molecule has 0 radical (unpaired) electrons. The van der Waals surface area contributed by atoms with E-state index in [0.29, 0.717) is 22.9 Å². The number of carbonyl (C=O) groups excluding carboxylic acids is 1. The lowest BCUT2D eigenvalue weighted by molar-refractivity contribution is 0.0790. The van der Waals surface area contributed by atoms with Crippen molar-refractivity contribution in [2.75, 3.05) is 25.1 Å². The Balaban J connectivity index is 2.75. The lowest BCUT2D eigenvalue weighted by atomic mass is 10.1. The lowest BCUT2D eigenvalue weighted by Gasteiger charge is -2.19. The van der Waals surface area contributed by atoms with Crippen LogP contribution in [0, 0.1) is 5.92 Å². The summed E-state index contributed by atoms with van der Waals surface area (Å²) in [6.45, 7) is 5.01. The van der Waals surface area contributed by atoms with Crippen LogP contribution in [0.4, 0.5) is 11.4 Å². The van der Waals surface area contributed by atoms with Gasteiger partial charge in [0.25, 0.3) is 5.91 Å². The molecule has 1 rings (SSSR count). The van der Waals surface area contributed by atoms with Crippen molar-refractivity contribution in [2.24, 2.45) is 5.92 Å². The molecule has 0 aliphatic heterocycles. The Morgan fingerprint density at radius 3 is 2.53 bits per heavy atom. The number of hydrogen-bond donors (Lipinski definition) is 2. The molecule has 0 saturated carbocycles. The third kappa shape index (κ3) is 3.66. The van der Waals surface area contributed by atoms with Crippen LogP contribution in [0.25, 0.3) is 0 Å². The second-order valence-corrected chi connectivity index (χ2v) is 4.76. The van der Waals surface area contributed by atoms with Gasteiger partial charge < -0.3 is 16.4 Å². The summed E-state index contributed by atoms with van der Waals surface area (Å²) in [4.78, 5) is 13.8. The number of amides is 1. The quantitative estimate of drug-likeness (QED) is 0.784. The molecular formula is C13H21N3O. The molecule has 94 valence electrons. The summed E-state index contributed by atoms with van der Waals surface area (Å²) in [6.07, 6.45) is 0.983. The van der Waals surface area contributed by atoms with E-state index in [1.165, 1.54) is 0 Å². The molecule has 0 atom stereocenters. The molecule has 1 amide bonds. The van der Waals surface area contributed by atoms with E-state index in [-0.39, 0.29) is 5.91 Å². The number of nitrogens with zero attached hydrogens (tertiary/aromatic N) is 1. The van der Waals surface area contributed by atoms with Gasteiger partial charge in [-0.25, -0.2) is 0 Å². The van der Waals surface area contributed by atoms with Crippen molar-refractivity contribution in [3.8, 4) is 0 Å². The van der Waals surface area contributed by atoms with Crippen LogP contribution in [0.3, 0.4) is 0 Å². The number of benzene rings is 1. The summed E-state index contributed by atoms with van der Waals surface area (Å²) < 4.78 is 0. The third-order valence-electron chi connectivity index (χ3n) is 2.69. The first-order valence-electron chi connectivity index (χ1n) is 5.82. The molecule has 17 heavy (non-hydrogen) atoms. The zero-order valence-electron chi connectivity index (χ0n) is 10.7. The van der Waals surface area contributed by atoms with Crippen LogP contribution in [0.5, 0.6) is 0 Å². The van der Waals surface area contributed by atoms with Crippen molar-refractivity contribution in [3.63, 3.8) is 0 Å². The molecular weight excluding hydrogens is 214 g/mol. The third-order valence-corrected chi connectivity index (χ3v) is 2.69. The predicted molar refractivity (Wildman–Crippen MR) is 71.7 cm³/mol. The Kier molecular flexibility index (Phi) is 4.37. The summed E-state index contributed by atoms with van der Waals surface area (Å²) in [5.74, 6) is 0.525. The minimum Gasteiger partial charge on any atom is -0.399 e. The van der Waals surface area contributed by atoms with Crippen molar-refractivity contribution in [2.45, 2.75) is 20.3 Å². The number of nitrogens with two attached hydrogens (primary N) is 2. The fraction of sp³-hybridized carbons (Fsp3) is 0.462. The zero-order chi connectivity index (χ0) is 13.0. The zero-order valence-corrected chi connectivity index (χ0v) is 10.7. The minimum absolute atomic E-state index is 0.0526. The van der Waals surface area contributed by atoms with E-state index in [9.17, 15) is 4.79 Å². The number of anilines is 2. The molecule has 1 aromatic carbocycles. The molecule has 1 aromatic rings. The summed E-state index contributed by atoms with van der Waals surface area (Å²) in [5, 5.41) is 0. The molecule has 0 bridgehead atoms. The van der Waals surface area contributed by atoms with Crippen LogP contribution < -0.4 is 11.5 Å². The van der Waals surface area contributed by atoms with Crippen LogP contribution in [-0.2, 0) is 0 Å². The van der Waals surface area contributed by atoms with E-state index in [4.69, 9.17) is 11.5 Å². The highest BCUT2D eigenvalue weighted by Crippen LogP contribution is 2.17. The van der Waals surface area contributed by atoms with Crippen molar-refractivity contribution in [3.05, 3.63) is 23.8 Å². The maximum atomic E-state index is 12.1. The van der Waals surface area contributed by atoms with E-state index in [2.05, 4.69) is 13.8 Å². The van der Waals surface area contributed by atoms with Gasteiger partial charge in [-0.1, -0.05) is 13.8 Å². The highest BCUT2D eigenvalue weighted by Gasteiger charge is 2.14. The fourth-order valence-electron chi connectivity index (χ4n) is 1.53. The maximum Gasteiger partial charge on any atom is 0.255 e. The van der Waals surface area contributed by atoms with Crippen LogP contribution in [0.15, 0.2) is 18.2 Å². The standard InChI is InChI=1S/C13H21N3O/c1-9(2)6-7-16(3)13(17)11-5-4-10(14)8-12(11)15/h4-5,8-9H,6-7,14-15H2,1-3H3. The fourth-order valence-corrected chi connectivity index (χ4v) is 1.53. The highest BCUT2D eigenvalue weighted by molar-refractivity contribution is 5.99. The molecule has 0 saturated heterocycles. The van der Waals surface area contributed by atoms with Crippen LogP contribution >= 0.6 is 0 Å². The minimum atomic E-state index is -0.0526. The summed E-state index contributed by atoms with van der Waals surface area (Å²) in [5.41, 5.74) is 12.9. The SMILES string of the molecule is CC(C)CCN(C)C(=O)c1ccc(N)cc1N. The van der Waals surface area contributed by atoms with Crippen molar-refractivity contribution >= 4 is 17.3 Å². The molecule has 0 aliphatic rings. The molecule has 4 heteroatoms. The second-order valence-electron chi connectivity index (χ2n) is 4.76. The van der Waals surface area contributed by atoms with E-state index >= 15 is 0 Å². The summed E-state index contributed by atoms with van der Waals surface area (Å²) in [7, 11) is 1.79. The van der Waals surface area contributed by atoms with E-state index in [0.717, 1.165) is 13.0 Å². The van der Waals surface area contributed by atoms with Gasteiger partial charge in [0.2, 0.25) is 0 Å². The Hall–Kier alpha value is -1.71. The Morgan fingerprint density at radius 1 is 1.35 bits per heavy atom. The Labute approximate surface area is 103 Å².